The maximum Gasteiger partial charge on any atom is 0.281 e. The lowest BCUT2D eigenvalue weighted by Crippen LogP contribution is -2.45. The Morgan fingerprint density at radius 3 is 3.15 bits per heavy atom. The van der Waals surface area contributed by atoms with Gasteiger partial charge in [-0.25, -0.2) is 0 Å². The van der Waals surface area contributed by atoms with E-state index in [1.165, 1.54) is 0 Å². The molecule has 0 spiro atoms. The van der Waals surface area contributed by atoms with E-state index in [-0.39, 0.29) is 5.91 Å². The van der Waals surface area contributed by atoms with Gasteiger partial charge < -0.3 is 19.5 Å². The second-order valence-electron chi connectivity index (χ2n) is 2.94. The molecule has 5 heteroatoms. The van der Waals surface area contributed by atoms with Crippen molar-refractivity contribution in [2.75, 3.05) is 33.4 Å². The Kier molecular flexibility index (Phi) is 4.14. The second kappa shape index (κ2) is 5.16. The van der Waals surface area contributed by atoms with Crippen LogP contribution in [0.4, 0.5) is 0 Å². The van der Waals surface area contributed by atoms with Gasteiger partial charge in [-0.3, -0.25) is 4.79 Å². The molecule has 2 N–H and O–H groups in total. The van der Waals surface area contributed by atoms with E-state index in [1.807, 2.05) is 0 Å². The van der Waals surface area contributed by atoms with Gasteiger partial charge in [0.15, 0.2) is 0 Å². The zero-order chi connectivity index (χ0) is 9.68. The van der Waals surface area contributed by atoms with E-state index in [0.29, 0.717) is 32.7 Å². The molecule has 1 rings (SSSR count). The van der Waals surface area contributed by atoms with Crippen LogP contribution in [0.2, 0.25) is 0 Å². The number of hydrogen-bond donors (Lipinski definition) is 0. The van der Waals surface area contributed by atoms with Crippen LogP contribution in [0, 0.1) is 0 Å². The van der Waals surface area contributed by atoms with E-state index >= 15 is 0 Å². The Hall–Kier alpha value is -0.650. The molecule has 1 aliphatic heterocycles. The van der Waals surface area contributed by atoms with Crippen LogP contribution >= 0.6 is 0 Å². The largest absolute Gasteiger partial charge is 0.420 e. The molecule has 0 saturated carbocycles. The van der Waals surface area contributed by atoms with Crippen molar-refractivity contribution in [1.29, 1.82) is 0 Å². The third-order valence-electron chi connectivity index (χ3n) is 1.94. The molecule has 1 amide bonds. The summed E-state index contributed by atoms with van der Waals surface area (Å²) in [4.78, 5) is 13.1. The second-order valence-corrected chi connectivity index (χ2v) is 2.94. The number of ether oxygens (including phenoxy) is 2. The van der Waals surface area contributed by atoms with E-state index in [0.717, 1.165) is 0 Å². The fourth-order valence-corrected chi connectivity index (χ4v) is 1.22. The van der Waals surface area contributed by atoms with Crippen molar-refractivity contribution in [3.05, 3.63) is 0 Å². The lowest BCUT2D eigenvalue weighted by Gasteiger charge is -2.27. The lowest BCUT2D eigenvalue weighted by molar-refractivity contribution is -0.164. The van der Waals surface area contributed by atoms with Crippen LogP contribution in [-0.2, 0) is 14.3 Å². The standard InChI is InChI=1S/C8H15NO4/c1-12-4-2-7(10)9-3-5-13-8(11)6-9/h8,11H,2-6H2,1H3/p+1/t8-/m1/s1. The molecule has 13 heavy (non-hydrogen) atoms. The third kappa shape index (κ3) is 3.30. The summed E-state index contributed by atoms with van der Waals surface area (Å²) in [6.07, 6.45) is -0.191. The monoisotopic (exact) mass is 190 g/mol. The minimum Gasteiger partial charge on any atom is -0.420 e. The van der Waals surface area contributed by atoms with E-state index in [1.54, 1.807) is 12.0 Å². The smallest absolute Gasteiger partial charge is 0.281 e. The summed E-state index contributed by atoms with van der Waals surface area (Å²) >= 11 is 0. The third-order valence-corrected chi connectivity index (χ3v) is 1.94. The molecule has 76 valence electrons. The number of hydrogen-bond acceptors (Lipinski definition) is 3. The quantitative estimate of drug-likeness (QED) is 0.532. The maximum absolute atomic E-state index is 11.4. The Morgan fingerprint density at radius 1 is 1.77 bits per heavy atom. The number of amides is 1. The fraction of sp³-hybridized carbons (Fsp3) is 0.875. The highest BCUT2D eigenvalue weighted by Crippen LogP contribution is 2.04. The van der Waals surface area contributed by atoms with Crippen LogP contribution in [0.15, 0.2) is 0 Å². The maximum atomic E-state index is 11.4. The van der Waals surface area contributed by atoms with Gasteiger partial charge in [-0.1, -0.05) is 0 Å². The van der Waals surface area contributed by atoms with Crippen LogP contribution in [-0.4, -0.2) is 55.6 Å². The number of morpholine rings is 1. The van der Waals surface area contributed by atoms with Crippen molar-refractivity contribution in [2.45, 2.75) is 12.7 Å². The first-order chi connectivity index (χ1) is 6.24. The molecule has 0 unspecified atom stereocenters. The first-order valence-corrected chi connectivity index (χ1v) is 4.33. The topological polar surface area (TPSA) is 61.7 Å². The Balaban J connectivity index is 2.28. The van der Waals surface area contributed by atoms with Gasteiger partial charge in [0.2, 0.25) is 5.91 Å². The molecule has 0 aromatic rings. The van der Waals surface area contributed by atoms with Gasteiger partial charge >= 0.3 is 0 Å². The van der Waals surface area contributed by atoms with Crippen LogP contribution in [0.1, 0.15) is 6.42 Å². The molecule has 0 aromatic heterocycles. The van der Waals surface area contributed by atoms with Gasteiger partial charge in [0, 0.05) is 13.7 Å². The average Bonchev–Trinajstić information content (AvgIpc) is 2.14. The SMILES string of the molecule is COCCC(=O)N1CCO[C@@H]([OH2+])C1. The summed E-state index contributed by atoms with van der Waals surface area (Å²) in [5, 5.41) is 7.33. The van der Waals surface area contributed by atoms with Crippen molar-refractivity contribution in [3.8, 4) is 0 Å². The highest BCUT2D eigenvalue weighted by molar-refractivity contribution is 5.76. The lowest BCUT2D eigenvalue weighted by atomic mass is 10.3. The van der Waals surface area contributed by atoms with Crippen molar-refractivity contribution in [3.63, 3.8) is 0 Å². The molecule has 1 atom stereocenters. The highest BCUT2D eigenvalue weighted by atomic mass is 16.6. The van der Waals surface area contributed by atoms with Crippen LogP contribution < -0.4 is 0 Å². The molecule has 1 fully saturated rings. The summed E-state index contributed by atoms with van der Waals surface area (Å²) in [7, 11) is 1.57. The van der Waals surface area contributed by atoms with Gasteiger partial charge in [0.25, 0.3) is 6.29 Å². The number of carbonyl (C=O) groups excluding carboxylic acids is 1. The highest BCUT2D eigenvalue weighted by Gasteiger charge is 2.24. The molecule has 1 heterocycles. The van der Waals surface area contributed by atoms with Crippen molar-refractivity contribution < 1.29 is 19.4 Å². The summed E-state index contributed by atoms with van der Waals surface area (Å²) in [5.74, 6) is 0.0439. The predicted molar refractivity (Wildman–Crippen MR) is 46.4 cm³/mol. The van der Waals surface area contributed by atoms with Gasteiger partial charge in [-0.15, -0.1) is 0 Å². The van der Waals surface area contributed by atoms with Gasteiger partial charge in [-0.05, 0) is 0 Å². The van der Waals surface area contributed by atoms with Crippen LogP contribution in [0.25, 0.3) is 0 Å². The number of carbonyl (C=O) groups is 1. The van der Waals surface area contributed by atoms with Crippen molar-refractivity contribution >= 4 is 5.91 Å². The molecule has 0 aromatic carbocycles. The number of rotatable bonds is 3. The average molecular weight is 190 g/mol. The number of nitrogens with zero attached hydrogens (tertiary/aromatic N) is 1. The molecule has 0 bridgehead atoms. The molecular weight excluding hydrogens is 174 g/mol. The molecule has 1 saturated heterocycles. The Labute approximate surface area is 77.2 Å². The first kappa shape index (κ1) is 10.4. The van der Waals surface area contributed by atoms with E-state index < -0.39 is 6.29 Å². The van der Waals surface area contributed by atoms with Gasteiger partial charge in [-0.2, -0.15) is 0 Å². The Bertz CT molecular complexity index is 174. The minimum absolute atomic E-state index is 0.0439. The minimum atomic E-state index is -0.583. The van der Waals surface area contributed by atoms with E-state index in [2.05, 4.69) is 0 Å². The van der Waals surface area contributed by atoms with Crippen LogP contribution in [0.3, 0.4) is 0 Å². The zero-order valence-electron chi connectivity index (χ0n) is 7.78. The fourth-order valence-electron chi connectivity index (χ4n) is 1.22. The summed E-state index contributed by atoms with van der Waals surface area (Å²) < 4.78 is 9.81. The van der Waals surface area contributed by atoms with E-state index in [4.69, 9.17) is 14.6 Å². The van der Waals surface area contributed by atoms with Gasteiger partial charge in [0.05, 0.1) is 19.6 Å². The molecular formula is C8H16NO4+. The zero-order valence-corrected chi connectivity index (χ0v) is 7.78. The van der Waals surface area contributed by atoms with Crippen molar-refractivity contribution in [1.82, 2.24) is 4.90 Å². The molecule has 1 aliphatic rings. The normalized spacial score (nSPS) is 23.2. The number of methoxy groups -OCH3 is 1. The first-order valence-electron chi connectivity index (χ1n) is 4.33. The summed E-state index contributed by atoms with van der Waals surface area (Å²) in [5.41, 5.74) is 0. The summed E-state index contributed by atoms with van der Waals surface area (Å²) in [6.45, 7) is 1.88. The predicted octanol–water partition coefficient (Wildman–Crippen LogP) is -1.07. The summed E-state index contributed by atoms with van der Waals surface area (Å²) in [6, 6.07) is 0. The molecule has 0 radical (unpaired) electrons. The van der Waals surface area contributed by atoms with Crippen LogP contribution in [0.5, 0.6) is 0 Å². The molecule has 5 nitrogen and oxygen atoms in total. The van der Waals surface area contributed by atoms with Crippen molar-refractivity contribution in [2.24, 2.45) is 0 Å². The molecule has 0 aliphatic carbocycles. The Morgan fingerprint density at radius 2 is 2.54 bits per heavy atom. The van der Waals surface area contributed by atoms with Gasteiger partial charge in [0.1, 0.15) is 6.54 Å². The van der Waals surface area contributed by atoms with E-state index in [9.17, 15) is 4.79 Å².